The summed E-state index contributed by atoms with van der Waals surface area (Å²) in [7, 11) is 0. The Kier molecular flexibility index (Phi) is 2.39. The second-order valence-corrected chi connectivity index (χ2v) is 3.34. The summed E-state index contributed by atoms with van der Waals surface area (Å²) in [5.41, 5.74) is -0.350. The molecular formula is C8H7N3O5. The van der Waals surface area contributed by atoms with Crippen LogP contribution in [0.4, 0.5) is 11.5 Å². The maximum Gasteiger partial charge on any atom is 0.367 e. The molecular weight excluding hydrogens is 218 g/mol. The van der Waals surface area contributed by atoms with E-state index in [0.717, 1.165) is 25.1 Å². The quantitative estimate of drug-likeness (QED) is 0.566. The van der Waals surface area contributed by atoms with Gasteiger partial charge in [-0.25, -0.2) is 0 Å². The Hall–Kier alpha value is -2.25. The van der Waals surface area contributed by atoms with Crippen molar-refractivity contribution in [3.05, 3.63) is 32.5 Å². The number of aromatic nitrogens is 1. The van der Waals surface area contributed by atoms with E-state index in [9.17, 15) is 20.2 Å². The number of rotatable bonds is 4. The van der Waals surface area contributed by atoms with Crippen LogP contribution >= 0.6 is 0 Å². The van der Waals surface area contributed by atoms with Gasteiger partial charge in [0.2, 0.25) is 11.9 Å². The molecule has 1 saturated carbocycles. The lowest BCUT2D eigenvalue weighted by atomic mass is 10.3. The van der Waals surface area contributed by atoms with E-state index in [4.69, 9.17) is 4.74 Å². The highest BCUT2D eigenvalue weighted by molar-refractivity contribution is 5.48. The zero-order chi connectivity index (χ0) is 11.7. The van der Waals surface area contributed by atoms with Gasteiger partial charge >= 0.3 is 11.5 Å². The molecule has 84 valence electrons. The Morgan fingerprint density at radius 2 is 2.00 bits per heavy atom. The first kappa shape index (κ1) is 10.3. The lowest BCUT2D eigenvalue weighted by Gasteiger charge is -2.03. The van der Waals surface area contributed by atoms with Crippen LogP contribution in [-0.4, -0.2) is 20.9 Å². The van der Waals surface area contributed by atoms with Crippen LogP contribution in [-0.2, 0) is 0 Å². The Bertz CT molecular complexity index is 457. The second kappa shape index (κ2) is 3.72. The third-order valence-electron chi connectivity index (χ3n) is 2.03. The van der Waals surface area contributed by atoms with Gasteiger partial charge in [0.05, 0.1) is 17.1 Å². The number of ether oxygens (including phenoxy) is 1. The molecule has 0 amide bonds. The molecule has 0 bridgehead atoms. The van der Waals surface area contributed by atoms with Crippen molar-refractivity contribution in [1.82, 2.24) is 4.98 Å². The zero-order valence-corrected chi connectivity index (χ0v) is 8.03. The van der Waals surface area contributed by atoms with Crippen LogP contribution in [0, 0.1) is 20.2 Å². The van der Waals surface area contributed by atoms with Gasteiger partial charge in [-0.05, 0) is 22.7 Å². The summed E-state index contributed by atoms with van der Waals surface area (Å²) >= 11 is 0. The summed E-state index contributed by atoms with van der Waals surface area (Å²) in [4.78, 5) is 23.0. The highest BCUT2D eigenvalue weighted by Gasteiger charge is 2.30. The summed E-state index contributed by atoms with van der Waals surface area (Å²) < 4.78 is 5.22. The number of pyridine rings is 1. The molecule has 1 heterocycles. The van der Waals surface area contributed by atoms with Gasteiger partial charge in [0.1, 0.15) is 0 Å². The molecule has 0 spiro atoms. The maximum absolute atomic E-state index is 10.6. The van der Waals surface area contributed by atoms with Crippen LogP contribution in [0.5, 0.6) is 5.75 Å². The average Bonchev–Trinajstić information content (AvgIpc) is 3.01. The molecule has 0 radical (unpaired) electrons. The molecule has 8 nitrogen and oxygen atoms in total. The summed E-state index contributed by atoms with van der Waals surface area (Å²) in [6, 6.07) is 0.983. The predicted octanol–water partition coefficient (Wildman–Crippen LogP) is 1.44. The summed E-state index contributed by atoms with van der Waals surface area (Å²) in [5.74, 6) is -0.546. The largest absolute Gasteiger partial charge is 0.483 e. The highest BCUT2D eigenvalue weighted by atomic mass is 16.6. The van der Waals surface area contributed by atoms with Crippen molar-refractivity contribution in [3.63, 3.8) is 0 Å². The molecule has 0 unspecified atom stereocenters. The molecule has 8 heteroatoms. The number of nitrogens with zero attached hydrogens (tertiary/aromatic N) is 3. The highest BCUT2D eigenvalue weighted by Crippen LogP contribution is 2.34. The van der Waals surface area contributed by atoms with Crippen molar-refractivity contribution in [2.45, 2.75) is 18.9 Å². The van der Waals surface area contributed by atoms with Gasteiger partial charge in [-0.2, -0.15) is 0 Å². The molecule has 16 heavy (non-hydrogen) atoms. The Morgan fingerprint density at radius 3 is 2.50 bits per heavy atom. The molecule has 1 aromatic heterocycles. The van der Waals surface area contributed by atoms with Crippen molar-refractivity contribution in [2.75, 3.05) is 0 Å². The molecule has 1 aliphatic rings. The number of hydrogen-bond donors (Lipinski definition) is 0. The average molecular weight is 225 g/mol. The van der Waals surface area contributed by atoms with Gasteiger partial charge < -0.3 is 14.9 Å². The minimum atomic E-state index is -0.719. The Balaban J connectivity index is 2.37. The molecule has 0 atom stereocenters. The van der Waals surface area contributed by atoms with E-state index in [0.29, 0.717) is 0 Å². The van der Waals surface area contributed by atoms with Crippen LogP contribution in [0.2, 0.25) is 0 Å². The first-order valence-electron chi connectivity index (χ1n) is 4.53. The predicted molar refractivity (Wildman–Crippen MR) is 51.2 cm³/mol. The standard InChI is InChI=1S/C8H7N3O5/c12-10(13)6-4-9-8(11(14)15)3-7(6)16-5-1-2-5/h3-5H,1-2H2. The van der Waals surface area contributed by atoms with E-state index in [-0.39, 0.29) is 17.5 Å². The fourth-order valence-electron chi connectivity index (χ4n) is 1.12. The third kappa shape index (κ3) is 2.05. The smallest absolute Gasteiger partial charge is 0.367 e. The lowest BCUT2D eigenvalue weighted by Crippen LogP contribution is -2.02. The number of hydrogen-bond acceptors (Lipinski definition) is 6. The van der Waals surface area contributed by atoms with Gasteiger partial charge in [-0.15, -0.1) is 0 Å². The molecule has 1 aliphatic carbocycles. The summed E-state index contributed by atoms with van der Waals surface area (Å²) in [6.07, 6.45) is 2.40. The van der Waals surface area contributed by atoms with Gasteiger partial charge in [0.15, 0.2) is 0 Å². The minimum Gasteiger partial charge on any atom is -0.483 e. The van der Waals surface area contributed by atoms with E-state index < -0.39 is 15.7 Å². The van der Waals surface area contributed by atoms with Crippen LogP contribution in [0.15, 0.2) is 12.3 Å². The molecule has 0 N–H and O–H groups in total. The second-order valence-electron chi connectivity index (χ2n) is 3.34. The van der Waals surface area contributed by atoms with E-state index in [1.165, 1.54) is 0 Å². The van der Waals surface area contributed by atoms with E-state index in [1.54, 1.807) is 0 Å². The fraction of sp³-hybridized carbons (Fsp3) is 0.375. The van der Waals surface area contributed by atoms with Crippen LogP contribution in [0.1, 0.15) is 12.8 Å². The van der Waals surface area contributed by atoms with Crippen molar-refractivity contribution < 1.29 is 14.6 Å². The zero-order valence-electron chi connectivity index (χ0n) is 8.03. The van der Waals surface area contributed by atoms with Crippen molar-refractivity contribution in [2.24, 2.45) is 0 Å². The summed E-state index contributed by atoms with van der Waals surface area (Å²) in [6.45, 7) is 0. The van der Waals surface area contributed by atoms with Crippen molar-refractivity contribution in [1.29, 1.82) is 0 Å². The van der Waals surface area contributed by atoms with Gasteiger partial charge in [-0.1, -0.05) is 0 Å². The van der Waals surface area contributed by atoms with Gasteiger partial charge in [-0.3, -0.25) is 10.1 Å². The van der Waals surface area contributed by atoms with E-state index in [1.807, 2.05) is 0 Å². The van der Waals surface area contributed by atoms with E-state index in [2.05, 4.69) is 4.98 Å². The van der Waals surface area contributed by atoms with Gasteiger partial charge in [0.25, 0.3) is 0 Å². The normalized spacial score (nSPS) is 14.5. The first-order valence-corrected chi connectivity index (χ1v) is 4.53. The third-order valence-corrected chi connectivity index (χ3v) is 2.03. The number of nitro groups is 2. The topological polar surface area (TPSA) is 108 Å². The molecule has 1 aromatic rings. The lowest BCUT2D eigenvalue weighted by molar-refractivity contribution is -0.393. The molecule has 0 aliphatic heterocycles. The monoisotopic (exact) mass is 225 g/mol. The van der Waals surface area contributed by atoms with E-state index >= 15 is 0 Å². The molecule has 1 fully saturated rings. The molecule has 0 saturated heterocycles. The van der Waals surface area contributed by atoms with Crippen molar-refractivity contribution >= 4 is 11.5 Å². The first-order chi connectivity index (χ1) is 7.58. The molecule has 0 aromatic carbocycles. The minimum absolute atomic E-state index is 0.0688. The van der Waals surface area contributed by atoms with Crippen LogP contribution in [0.3, 0.4) is 0 Å². The summed E-state index contributed by atoms with van der Waals surface area (Å²) in [5, 5.41) is 21.1. The Labute approximate surface area is 89.2 Å². The van der Waals surface area contributed by atoms with Crippen LogP contribution in [0.25, 0.3) is 0 Å². The van der Waals surface area contributed by atoms with Gasteiger partial charge in [0, 0.05) is 0 Å². The maximum atomic E-state index is 10.6. The fourth-order valence-corrected chi connectivity index (χ4v) is 1.12. The van der Waals surface area contributed by atoms with Crippen molar-refractivity contribution in [3.8, 4) is 5.75 Å². The van der Waals surface area contributed by atoms with Crippen LogP contribution < -0.4 is 4.74 Å². The molecule has 2 rings (SSSR count). The SMILES string of the molecule is O=[N+]([O-])c1cc(OC2CC2)c([N+](=O)[O-])cn1. The Morgan fingerprint density at radius 1 is 1.31 bits per heavy atom.